The summed E-state index contributed by atoms with van der Waals surface area (Å²) >= 11 is 0. The lowest BCUT2D eigenvalue weighted by Gasteiger charge is -2.34. The maximum atomic E-state index is 12.8. The largest absolute Gasteiger partial charge is 0.350 e. The van der Waals surface area contributed by atoms with E-state index in [1.165, 1.54) is 11.1 Å². The Morgan fingerprint density at radius 1 is 1.27 bits per heavy atom. The number of benzene rings is 1. The summed E-state index contributed by atoms with van der Waals surface area (Å²) < 4.78 is 0. The van der Waals surface area contributed by atoms with E-state index in [-0.39, 0.29) is 17.4 Å². The van der Waals surface area contributed by atoms with Gasteiger partial charge in [0.15, 0.2) is 0 Å². The Morgan fingerprint density at radius 3 is 2.55 bits per heavy atom. The summed E-state index contributed by atoms with van der Waals surface area (Å²) in [5.74, 6) is 0.327. The Bertz CT molecular complexity index is 637. The minimum Gasteiger partial charge on any atom is -0.350 e. The number of hydrogen-bond donors (Lipinski definition) is 2. The van der Waals surface area contributed by atoms with Gasteiger partial charge in [0.05, 0.1) is 0 Å². The summed E-state index contributed by atoms with van der Waals surface area (Å²) in [6.07, 6.45) is 3.79. The third-order valence-electron chi connectivity index (χ3n) is 5.22. The summed E-state index contributed by atoms with van der Waals surface area (Å²) in [7, 11) is 1.90. The molecule has 3 rings (SSSR count). The maximum absolute atomic E-state index is 12.8. The first kappa shape index (κ1) is 15.1. The molecule has 4 nitrogen and oxygen atoms in total. The van der Waals surface area contributed by atoms with Crippen molar-refractivity contribution >= 4 is 5.91 Å². The van der Waals surface area contributed by atoms with Gasteiger partial charge in [-0.15, -0.1) is 0 Å². The first-order valence-corrected chi connectivity index (χ1v) is 7.86. The Hall–Kier alpha value is -1.81. The van der Waals surface area contributed by atoms with Crippen LogP contribution in [0.3, 0.4) is 0 Å². The van der Waals surface area contributed by atoms with Gasteiger partial charge in [0.1, 0.15) is 5.54 Å². The zero-order valence-electron chi connectivity index (χ0n) is 14.0. The number of nitrogens with one attached hydrogen (secondary N) is 2. The average molecular weight is 299 g/mol. The van der Waals surface area contributed by atoms with Crippen molar-refractivity contribution in [3.63, 3.8) is 0 Å². The van der Waals surface area contributed by atoms with E-state index in [0.29, 0.717) is 5.92 Å². The van der Waals surface area contributed by atoms with E-state index in [2.05, 4.69) is 55.8 Å². The van der Waals surface area contributed by atoms with E-state index in [0.717, 1.165) is 0 Å². The van der Waals surface area contributed by atoms with Gasteiger partial charge in [0.25, 0.3) is 0 Å². The number of amides is 1. The second-order valence-electron chi connectivity index (χ2n) is 7.29. The van der Waals surface area contributed by atoms with Crippen LogP contribution < -0.4 is 10.7 Å². The fraction of sp³-hybridized carbons (Fsp3) is 0.500. The number of fused-ring (bicyclic) bond motifs is 1. The van der Waals surface area contributed by atoms with E-state index in [4.69, 9.17) is 0 Å². The van der Waals surface area contributed by atoms with Crippen molar-refractivity contribution in [3.8, 4) is 0 Å². The molecule has 0 radical (unpaired) electrons. The molecule has 1 amide bonds. The molecule has 3 atom stereocenters. The third-order valence-corrected chi connectivity index (χ3v) is 5.22. The summed E-state index contributed by atoms with van der Waals surface area (Å²) in [5, 5.41) is 5.11. The lowest BCUT2D eigenvalue weighted by Crippen LogP contribution is -2.58. The number of nitrogens with zero attached hydrogens (tertiary/aromatic N) is 1. The predicted molar refractivity (Wildman–Crippen MR) is 88.3 cm³/mol. The van der Waals surface area contributed by atoms with Crippen LogP contribution >= 0.6 is 0 Å². The van der Waals surface area contributed by atoms with Gasteiger partial charge in [-0.05, 0) is 24.1 Å². The monoisotopic (exact) mass is 299 g/mol. The van der Waals surface area contributed by atoms with Crippen molar-refractivity contribution in [2.75, 3.05) is 7.05 Å². The minimum absolute atomic E-state index is 0.0193. The molecular formula is C18H25N3O. The molecule has 0 bridgehead atoms. The van der Waals surface area contributed by atoms with Crippen LogP contribution in [0.15, 0.2) is 36.5 Å². The zero-order valence-corrected chi connectivity index (χ0v) is 14.0. The van der Waals surface area contributed by atoms with Gasteiger partial charge in [-0.2, -0.15) is 0 Å². The van der Waals surface area contributed by atoms with Gasteiger partial charge in [0.2, 0.25) is 5.91 Å². The van der Waals surface area contributed by atoms with Gasteiger partial charge < -0.3 is 10.3 Å². The Kier molecular flexibility index (Phi) is 3.33. The molecule has 2 aliphatic rings. The Labute approximate surface area is 132 Å². The summed E-state index contributed by atoms with van der Waals surface area (Å²) in [6.45, 7) is 8.53. The van der Waals surface area contributed by atoms with E-state index in [1.807, 2.05) is 31.3 Å². The van der Waals surface area contributed by atoms with Gasteiger partial charge in [0, 0.05) is 30.6 Å². The van der Waals surface area contributed by atoms with E-state index in [9.17, 15) is 4.79 Å². The first-order valence-electron chi connectivity index (χ1n) is 7.86. The molecule has 0 aromatic heterocycles. The summed E-state index contributed by atoms with van der Waals surface area (Å²) in [4.78, 5) is 12.8. The standard InChI is InChI=1S/C18H25N3O/c1-12-13-8-6-7-9-14(13)17(2,3)15(12)19-16(22)18(4)10-11-21(5)20-18/h6-12,15,20H,1-5H3,(H,19,22)/t12-,15?,18?/m1/s1. The normalized spacial score (nSPS) is 32.1. The highest BCUT2D eigenvalue weighted by atomic mass is 16.2. The van der Waals surface area contributed by atoms with Crippen LogP contribution in [0, 0.1) is 0 Å². The molecule has 118 valence electrons. The SMILES string of the molecule is C[C@@H]1c2ccccc2C(C)(C)C1NC(=O)C1(C)C=CN(C)N1. The Balaban J connectivity index is 1.85. The zero-order chi connectivity index (χ0) is 16.1. The van der Waals surface area contributed by atoms with E-state index in [1.54, 1.807) is 0 Å². The molecule has 1 aromatic rings. The molecule has 2 unspecified atom stereocenters. The van der Waals surface area contributed by atoms with Gasteiger partial charge in [-0.1, -0.05) is 45.0 Å². The second kappa shape index (κ2) is 4.85. The van der Waals surface area contributed by atoms with Crippen LogP contribution in [-0.2, 0) is 10.2 Å². The van der Waals surface area contributed by atoms with Gasteiger partial charge in [-0.25, -0.2) is 5.43 Å². The van der Waals surface area contributed by atoms with Crippen molar-refractivity contribution in [2.45, 2.75) is 50.6 Å². The quantitative estimate of drug-likeness (QED) is 0.880. The van der Waals surface area contributed by atoms with Crippen molar-refractivity contribution in [1.82, 2.24) is 15.8 Å². The second-order valence-corrected chi connectivity index (χ2v) is 7.29. The summed E-state index contributed by atoms with van der Waals surface area (Å²) in [5.41, 5.74) is 5.10. The van der Waals surface area contributed by atoms with Crippen LogP contribution in [0.4, 0.5) is 0 Å². The maximum Gasteiger partial charge on any atom is 0.246 e. The first-order chi connectivity index (χ1) is 10.3. The van der Waals surface area contributed by atoms with Crippen molar-refractivity contribution in [1.29, 1.82) is 0 Å². The van der Waals surface area contributed by atoms with Crippen molar-refractivity contribution in [3.05, 3.63) is 47.7 Å². The van der Waals surface area contributed by atoms with Crippen LogP contribution in [0.25, 0.3) is 0 Å². The van der Waals surface area contributed by atoms with Gasteiger partial charge >= 0.3 is 0 Å². The van der Waals surface area contributed by atoms with Gasteiger partial charge in [-0.3, -0.25) is 4.79 Å². The third kappa shape index (κ3) is 2.13. The number of hydrogen-bond acceptors (Lipinski definition) is 3. The van der Waals surface area contributed by atoms with E-state index < -0.39 is 5.54 Å². The van der Waals surface area contributed by atoms with Crippen molar-refractivity contribution in [2.24, 2.45) is 0 Å². The van der Waals surface area contributed by atoms with Crippen LogP contribution in [0.2, 0.25) is 0 Å². The number of rotatable bonds is 2. The molecule has 0 saturated heterocycles. The average Bonchev–Trinajstić information content (AvgIpc) is 2.92. The highest BCUT2D eigenvalue weighted by Crippen LogP contribution is 2.45. The van der Waals surface area contributed by atoms with E-state index >= 15 is 0 Å². The molecule has 1 aromatic carbocycles. The lowest BCUT2D eigenvalue weighted by molar-refractivity contribution is -0.127. The van der Waals surface area contributed by atoms with Crippen LogP contribution in [-0.4, -0.2) is 29.5 Å². The molecule has 1 aliphatic heterocycles. The molecule has 0 spiro atoms. The highest BCUT2D eigenvalue weighted by Gasteiger charge is 2.47. The minimum atomic E-state index is -0.681. The molecule has 0 fully saturated rings. The lowest BCUT2D eigenvalue weighted by atomic mass is 9.81. The smallest absolute Gasteiger partial charge is 0.246 e. The number of carbonyl (C=O) groups excluding carboxylic acids is 1. The fourth-order valence-corrected chi connectivity index (χ4v) is 3.88. The molecule has 2 N–H and O–H groups in total. The molecular weight excluding hydrogens is 274 g/mol. The van der Waals surface area contributed by atoms with Crippen LogP contribution in [0.5, 0.6) is 0 Å². The molecule has 1 heterocycles. The van der Waals surface area contributed by atoms with Crippen molar-refractivity contribution < 1.29 is 4.79 Å². The summed E-state index contributed by atoms with van der Waals surface area (Å²) in [6, 6.07) is 8.61. The molecule has 0 saturated carbocycles. The Morgan fingerprint density at radius 2 is 1.95 bits per heavy atom. The number of carbonyl (C=O) groups is 1. The topological polar surface area (TPSA) is 44.4 Å². The molecule has 4 heteroatoms. The highest BCUT2D eigenvalue weighted by molar-refractivity contribution is 5.89. The number of hydrazine groups is 1. The molecule has 22 heavy (non-hydrogen) atoms. The fourth-order valence-electron chi connectivity index (χ4n) is 3.88. The van der Waals surface area contributed by atoms with Crippen LogP contribution in [0.1, 0.15) is 44.7 Å². The molecule has 1 aliphatic carbocycles. The predicted octanol–water partition coefficient (Wildman–Crippen LogP) is 2.29.